The zero-order chi connectivity index (χ0) is 13.0. The summed E-state index contributed by atoms with van der Waals surface area (Å²) in [6, 6.07) is 4.22. The Kier molecular flexibility index (Phi) is 2.26. The fourth-order valence-electron chi connectivity index (χ4n) is 2.81. The van der Waals surface area contributed by atoms with Gasteiger partial charge in [0.15, 0.2) is 0 Å². The van der Waals surface area contributed by atoms with Gasteiger partial charge < -0.3 is 15.4 Å². The van der Waals surface area contributed by atoms with Crippen LogP contribution in [-0.2, 0) is 6.42 Å². The van der Waals surface area contributed by atoms with E-state index < -0.39 is 0 Å². The first kappa shape index (κ1) is 11.1. The van der Waals surface area contributed by atoms with E-state index in [0.29, 0.717) is 0 Å². The topological polar surface area (TPSA) is 50.4 Å². The van der Waals surface area contributed by atoms with E-state index in [9.17, 15) is 4.79 Å². The molecule has 2 N–H and O–H groups in total. The van der Waals surface area contributed by atoms with Gasteiger partial charge in [-0.3, -0.25) is 4.79 Å². The van der Waals surface area contributed by atoms with Crippen LogP contribution in [-0.4, -0.2) is 25.1 Å². The number of rotatable bonds is 0. The second kappa shape index (κ2) is 3.87. The highest BCUT2D eigenvalue weighted by Gasteiger charge is 2.27. The molecule has 0 unspecified atom stereocenters. The second-order valence-electron chi connectivity index (χ2n) is 5.08. The fraction of sp³-hybridized carbons (Fsp3) is 0.357. The molecular weight excluding hydrogens is 260 g/mol. The van der Waals surface area contributed by atoms with Gasteiger partial charge in [0, 0.05) is 34.7 Å². The van der Waals surface area contributed by atoms with Gasteiger partial charge in [-0.1, -0.05) is 0 Å². The highest BCUT2D eigenvalue weighted by Crippen LogP contribution is 2.43. The smallest absolute Gasteiger partial charge is 0.263 e. The van der Waals surface area contributed by atoms with Crippen molar-refractivity contribution in [1.82, 2.24) is 5.32 Å². The lowest BCUT2D eigenvalue weighted by molar-refractivity contribution is 0.0949. The van der Waals surface area contributed by atoms with Crippen molar-refractivity contribution in [3.63, 3.8) is 0 Å². The number of benzene rings is 1. The van der Waals surface area contributed by atoms with Gasteiger partial charge in [-0.2, -0.15) is 0 Å². The normalized spacial score (nSPS) is 21.1. The van der Waals surface area contributed by atoms with Gasteiger partial charge in [0.1, 0.15) is 10.6 Å². The number of ether oxygens (including phenoxy) is 1. The molecule has 3 heterocycles. The number of amides is 1. The molecule has 1 aromatic heterocycles. The molecule has 1 aromatic carbocycles. The van der Waals surface area contributed by atoms with Crippen molar-refractivity contribution in [3.8, 4) is 5.75 Å². The van der Waals surface area contributed by atoms with Gasteiger partial charge in [0.05, 0.1) is 12.3 Å². The average Bonchev–Trinajstić information content (AvgIpc) is 2.96. The summed E-state index contributed by atoms with van der Waals surface area (Å²) in [6.45, 7) is 3.51. The molecule has 98 valence electrons. The van der Waals surface area contributed by atoms with Crippen molar-refractivity contribution in [2.45, 2.75) is 19.4 Å². The highest BCUT2D eigenvalue weighted by atomic mass is 32.1. The van der Waals surface area contributed by atoms with Crippen LogP contribution in [0.5, 0.6) is 5.75 Å². The lowest BCUT2D eigenvalue weighted by atomic mass is 10.1. The molecule has 2 aliphatic rings. The number of nitrogens with one attached hydrogen (secondary N) is 2. The molecule has 0 bridgehead atoms. The van der Waals surface area contributed by atoms with E-state index in [1.165, 1.54) is 10.9 Å². The van der Waals surface area contributed by atoms with Crippen LogP contribution in [0.25, 0.3) is 10.1 Å². The maximum atomic E-state index is 12.2. The van der Waals surface area contributed by atoms with Gasteiger partial charge in [-0.25, -0.2) is 0 Å². The first-order valence-electron chi connectivity index (χ1n) is 6.50. The SMILES string of the molecule is C[C@@H]1CNc2c(sc3ccc4c(c23)CCO4)C(=O)N1. The van der Waals surface area contributed by atoms with E-state index in [2.05, 4.69) is 16.7 Å². The molecule has 0 aliphatic carbocycles. The van der Waals surface area contributed by atoms with E-state index in [1.807, 2.05) is 13.0 Å². The molecule has 0 saturated carbocycles. The van der Waals surface area contributed by atoms with Crippen molar-refractivity contribution in [1.29, 1.82) is 0 Å². The summed E-state index contributed by atoms with van der Waals surface area (Å²) < 4.78 is 6.78. The summed E-state index contributed by atoms with van der Waals surface area (Å²) in [7, 11) is 0. The standard InChI is InChI=1S/C14H14N2O2S/c1-7-6-15-12-11-8-4-5-18-9(8)2-3-10(11)19-13(12)14(17)16-7/h2-3,7,15H,4-6H2,1H3,(H,16,17)/t7-/m1/s1. The van der Waals surface area contributed by atoms with Gasteiger partial charge in [-0.15, -0.1) is 11.3 Å². The second-order valence-corrected chi connectivity index (χ2v) is 6.13. The van der Waals surface area contributed by atoms with Crippen molar-refractivity contribution in [2.75, 3.05) is 18.5 Å². The Morgan fingerprint density at radius 2 is 2.32 bits per heavy atom. The van der Waals surface area contributed by atoms with Gasteiger partial charge >= 0.3 is 0 Å². The van der Waals surface area contributed by atoms with Gasteiger partial charge in [0.25, 0.3) is 5.91 Å². The number of hydrogen-bond acceptors (Lipinski definition) is 4. The molecule has 4 rings (SSSR count). The van der Waals surface area contributed by atoms with Crippen molar-refractivity contribution in [3.05, 3.63) is 22.6 Å². The Balaban J connectivity index is 2.00. The molecular formula is C14H14N2O2S. The molecule has 2 aromatic rings. The summed E-state index contributed by atoms with van der Waals surface area (Å²) in [5.74, 6) is 0.994. The Hall–Kier alpha value is -1.75. The van der Waals surface area contributed by atoms with Crippen LogP contribution in [0, 0.1) is 0 Å². The minimum Gasteiger partial charge on any atom is -0.493 e. The molecule has 0 saturated heterocycles. The summed E-state index contributed by atoms with van der Waals surface area (Å²) in [5, 5.41) is 7.61. The molecule has 5 heteroatoms. The lowest BCUT2D eigenvalue weighted by Gasteiger charge is -2.10. The minimum absolute atomic E-state index is 0.0290. The first-order chi connectivity index (χ1) is 9.24. The largest absolute Gasteiger partial charge is 0.493 e. The Morgan fingerprint density at radius 1 is 1.42 bits per heavy atom. The zero-order valence-electron chi connectivity index (χ0n) is 10.6. The third-order valence-electron chi connectivity index (χ3n) is 3.70. The predicted octanol–water partition coefficient (Wildman–Crippen LogP) is 2.38. The lowest BCUT2D eigenvalue weighted by Crippen LogP contribution is -2.34. The summed E-state index contributed by atoms with van der Waals surface area (Å²) in [6.07, 6.45) is 0.925. The molecule has 0 fully saturated rings. The highest BCUT2D eigenvalue weighted by molar-refractivity contribution is 7.21. The number of hydrogen-bond donors (Lipinski definition) is 2. The van der Waals surface area contributed by atoms with E-state index in [0.717, 1.165) is 40.6 Å². The van der Waals surface area contributed by atoms with E-state index in [1.54, 1.807) is 11.3 Å². The quantitative estimate of drug-likeness (QED) is 0.775. The number of anilines is 1. The maximum Gasteiger partial charge on any atom is 0.263 e. The van der Waals surface area contributed by atoms with Gasteiger partial charge in [0.2, 0.25) is 0 Å². The van der Waals surface area contributed by atoms with Crippen LogP contribution in [0.1, 0.15) is 22.2 Å². The Bertz CT molecular complexity index is 692. The minimum atomic E-state index is 0.0290. The molecule has 4 nitrogen and oxygen atoms in total. The van der Waals surface area contributed by atoms with Crippen molar-refractivity contribution in [2.24, 2.45) is 0 Å². The first-order valence-corrected chi connectivity index (χ1v) is 7.31. The molecule has 0 spiro atoms. The van der Waals surface area contributed by atoms with Gasteiger partial charge in [-0.05, 0) is 19.1 Å². The fourth-order valence-corrected chi connectivity index (χ4v) is 3.92. The van der Waals surface area contributed by atoms with E-state index in [4.69, 9.17) is 4.74 Å². The van der Waals surface area contributed by atoms with Crippen LogP contribution < -0.4 is 15.4 Å². The summed E-state index contributed by atoms with van der Waals surface area (Å²) >= 11 is 1.56. The maximum absolute atomic E-state index is 12.2. The third kappa shape index (κ3) is 1.54. The number of carbonyl (C=O) groups is 1. The summed E-state index contributed by atoms with van der Waals surface area (Å²) in [5.41, 5.74) is 2.23. The predicted molar refractivity (Wildman–Crippen MR) is 76.4 cm³/mol. The molecule has 0 radical (unpaired) electrons. The van der Waals surface area contributed by atoms with E-state index >= 15 is 0 Å². The monoisotopic (exact) mass is 274 g/mol. The van der Waals surface area contributed by atoms with Crippen LogP contribution in [0.2, 0.25) is 0 Å². The molecule has 1 amide bonds. The summed E-state index contributed by atoms with van der Waals surface area (Å²) in [4.78, 5) is 13.0. The number of thiophene rings is 1. The Morgan fingerprint density at radius 3 is 3.21 bits per heavy atom. The third-order valence-corrected chi connectivity index (χ3v) is 4.85. The van der Waals surface area contributed by atoms with Crippen LogP contribution in [0.15, 0.2) is 12.1 Å². The van der Waals surface area contributed by atoms with Crippen LogP contribution in [0.4, 0.5) is 5.69 Å². The van der Waals surface area contributed by atoms with Crippen LogP contribution in [0.3, 0.4) is 0 Å². The molecule has 19 heavy (non-hydrogen) atoms. The number of carbonyl (C=O) groups excluding carboxylic acids is 1. The molecule has 1 atom stereocenters. The van der Waals surface area contributed by atoms with Crippen LogP contribution >= 0.6 is 11.3 Å². The van der Waals surface area contributed by atoms with E-state index in [-0.39, 0.29) is 11.9 Å². The zero-order valence-corrected chi connectivity index (χ0v) is 11.4. The Labute approximate surface area is 114 Å². The average molecular weight is 274 g/mol. The van der Waals surface area contributed by atoms with Crippen molar-refractivity contribution < 1.29 is 9.53 Å². The van der Waals surface area contributed by atoms with Crippen molar-refractivity contribution >= 4 is 33.0 Å². The number of fused-ring (bicyclic) bond motifs is 5. The molecule has 2 aliphatic heterocycles.